The maximum atomic E-state index is 12.7. The first kappa shape index (κ1) is 20.9. The second kappa shape index (κ2) is 9.61. The van der Waals surface area contributed by atoms with E-state index in [1.165, 1.54) is 0 Å². The summed E-state index contributed by atoms with van der Waals surface area (Å²) in [5.74, 6) is 1.78. The van der Waals surface area contributed by atoms with Crippen molar-refractivity contribution in [3.8, 4) is 34.4 Å². The topological polar surface area (TPSA) is 82.6 Å². The summed E-state index contributed by atoms with van der Waals surface area (Å²) in [6.45, 7) is 0. The van der Waals surface area contributed by atoms with Gasteiger partial charge < -0.3 is 19.5 Å². The number of hydrogen-bond donors (Lipinski definition) is 1. The van der Waals surface area contributed by atoms with Crippen LogP contribution in [0.1, 0.15) is 10.4 Å². The number of hydrogen-bond acceptors (Lipinski definition) is 6. The molecule has 3 aromatic carbocycles. The number of aromatic nitrogens is 2. The average Bonchev–Trinajstić information content (AvgIpc) is 2.85. The van der Waals surface area contributed by atoms with Crippen LogP contribution in [-0.4, -0.2) is 30.1 Å². The smallest absolute Gasteiger partial charge is 0.321 e. The molecule has 0 unspecified atom stereocenters. The summed E-state index contributed by atoms with van der Waals surface area (Å²) in [6.07, 6.45) is 3.31. The van der Waals surface area contributed by atoms with Crippen LogP contribution in [0, 0.1) is 0 Å². The molecule has 4 rings (SSSR count). The molecule has 160 valence electrons. The Morgan fingerprint density at radius 1 is 0.750 bits per heavy atom. The number of ether oxygens (including phenoxy) is 3. The summed E-state index contributed by atoms with van der Waals surface area (Å²) in [5.41, 5.74) is 2.79. The van der Waals surface area contributed by atoms with Crippen molar-refractivity contribution in [2.24, 2.45) is 0 Å². The third-order valence-corrected chi connectivity index (χ3v) is 4.68. The van der Waals surface area contributed by atoms with Gasteiger partial charge in [0.1, 0.15) is 17.2 Å². The Bertz CT molecular complexity index is 1210. The molecule has 0 radical (unpaired) electrons. The van der Waals surface area contributed by atoms with E-state index < -0.39 is 0 Å². The lowest BCUT2D eigenvalue weighted by molar-refractivity contribution is 0.102. The monoisotopic (exact) mass is 427 g/mol. The number of nitrogens with zero attached hydrogens (tertiary/aromatic N) is 2. The van der Waals surface area contributed by atoms with Crippen LogP contribution in [0.4, 0.5) is 5.69 Å². The molecule has 0 fully saturated rings. The quantitative estimate of drug-likeness (QED) is 0.436. The number of rotatable bonds is 7. The normalized spacial score (nSPS) is 10.3. The molecule has 0 spiro atoms. The number of amides is 1. The van der Waals surface area contributed by atoms with E-state index in [-0.39, 0.29) is 11.9 Å². The molecule has 0 atom stereocenters. The van der Waals surface area contributed by atoms with Gasteiger partial charge in [0.25, 0.3) is 5.91 Å². The lowest BCUT2D eigenvalue weighted by Gasteiger charge is -2.09. The summed E-state index contributed by atoms with van der Waals surface area (Å²) in [4.78, 5) is 21.2. The van der Waals surface area contributed by atoms with Gasteiger partial charge >= 0.3 is 6.01 Å². The Morgan fingerprint density at radius 3 is 2.16 bits per heavy atom. The molecule has 0 aliphatic heterocycles. The standard InChI is InChI=1S/C25H21N3O4/c1-30-21-11-9-20(10-12-21)28-24(29)18-6-3-5-17(13-18)19-15-26-25(27-16-19)32-23-8-4-7-22(14-23)31-2/h3-16H,1-2H3,(H,28,29). The fourth-order valence-corrected chi connectivity index (χ4v) is 3.01. The fraction of sp³-hybridized carbons (Fsp3) is 0.0800. The van der Waals surface area contributed by atoms with Crippen LogP contribution in [0.2, 0.25) is 0 Å². The zero-order valence-electron chi connectivity index (χ0n) is 17.6. The molecule has 1 aromatic heterocycles. The third-order valence-electron chi connectivity index (χ3n) is 4.68. The van der Waals surface area contributed by atoms with Gasteiger partial charge in [0.15, 0.2) is 0 Å². The Labute approximate surface area is 185 Å². The van der Waals surface area contributed by atoms with Crippen LogP contribution >= 0.6 is 0 Å². The van der Waals surface area contributed by atoms with Crippen molar-refractivity contribution < 1.29 is 19.0 Å². The largest absolute Gasteiger partial charge is 0.497 e. The highest BCUT2D eigenvalue weighted by Crippen LogP contribution is 2.25. The molecule has 1 amide bonds. The first-order chi connectivity index (χ1) is 15.6. The van der Waals surface area contributed by atoms with E-state index in [9.17, 15) is 4.79 Å². The highest BCUT2D eigenvalue weighted by Gasteiger charge is 2.09. The maximum Gasteiger partial charge on any atom is 0.321 e. The first-order valence-corrected chi connectivity index (χ1v) is 9.84. The van der Waals surface area contributed by atoms with E-state index in [4.69, 9.17) is 14.2 Å². The van der Waals surface area contributed by atoms with Crippen molar-refractivity contribution in [3.05, 3.63) is 90.8 Å². The van der Waals surface area contributed by atoms with Crippen molar-refractivity contribution in [3.63, 3.8) is 0 Å². The van der Waals surface area contributed by atoms with E-state index in [0.29, 0.717) is 22.7 Å². The molecule has 0 aliphatic rings. The molecular weight excluding hydrogens is 406 g/mol. The minimum atomic E-state index is -0.212. The zero-order valence-corrected chi connectivity index (χ0v) is 17.6. The second-order valence-electron chi connectivity index (χ2n) is 6.80. The molecular formula is C25H21N3O4. The van der Waals surface area contributed by atoms with Crippen molar-refractivity contribution in [1.82, 2.24) is 9.97 Å². The molecule has 0 bridgehead atoms. The Balaban J connectivity index is 1.46. The highest BCUT2D eigenvalue weighted by molar-refractivity contribution is 6.04. The second-order valence-corrected chi connectivity index (χ2v) is 6.80. The number of anilines is 1. The Kier molecular flexibility index (Phi) is 6.27. The number of benzene rings is 3. The summed E-state index contributed by atoms with van der Waals surface area (Å²) in [6, 6.07) is 21.8. The molecule has 7 nitrogen and oxygen atoms in total. The van der Waals surface area contributed by atoms with Crippen LogP contribution in [0.5, 0.6) is 23.3 Å². The van der Waals surface area contributed by atoms with Gasteiger partial charge in [-0.25, -0.2) is 9.97 Å². The molecule has 0 saturated heterocycles. The Hall–Kier alpha value is -4.39. The van der Waals surface area contributed by atoms with Gasteiger partial charge in [-0.2, -0.15) is 0 Å². The van der Waals surface area contributed by atoms with E-state index in [1.807, 2.05) is 24.3 Å². The minimum Gasteiger partial charge on any atom is -0.497 e. The third kappa shape index (κ3) is 5.02. The van der Waals surface area contributed by atoms with Gasteiger partial charge in [-0.1, -0.05) is 18.2 Å². The van der Waals surface area contributed by atoms with Crippen molar-refractivity contribution >= 4 is 11.6 Å². The van der Waals surface area contributed by atoms with Gasteiger partial charge in [-0.3, -0.25) is 4.79 Å². The predicted octanol–water partition coefficient (Wildman–Crippen LogP) is 5.21. The van der Waals surface area contributed by atoms with E-state index in [1.54, 1.807) is 75.1 Å². The molecule has 0 aliphatic carbocycles. The van der Waals surface area contributed by atoms with Crippen LogP contribution in [0.3, 0.4) is 0 Å². The highest BCUT2D eigenvalue weighted by atomic mass is 16.5. The summed E-state index contributed by atoms with van der Waals surface area (Å²) in [7, 11) is 3.19. The first-order valence-electron chi connectivity index (χ1n) is 9.84. The predicted molar refractivity (Wildman–Crippen MR) is 121 cm³/mol. The molecule has 7 heteroatoms. The van der Waals surface area contributed by atoms with Gasteiger partial charge in [0.2, 0.25) is 0 Å². The molecule has 4 aromatic rings. The molecule has 1 N–H and O–H groups in total. The van der Waals surface area contributed by atoms with E-state index in [0.717, 1.165) is 16.9 Å². The van der Waals surface area contributed by atoms with E-state index in [2.05, 4.69) is 15.3 Å². The number of methoxy groups -OCH3 is 2. The van der Waals surface area contributed by atoms with Gasteiger partial charge in [0.05, 0.1) is 14.2 Å². The average molecular weight is 427 g/mol. The van der Waals surface area contributed by atoms with Crippen molar-refractivity contribution in [1.29, 1.82) is 0 Å². The summed E-state index contributed by atoms with van der Waals surface area (Å²) < 4.78 is 16.0. The molecule has 0 saturated carbocycles. The van der Waals surface area contributed by atoms with Crippen LogP contribution < -0.4 is 19.5 Å². The van der Waals surface area contributed by atoms with Crippen LogP contribution in [0.15, 0.2) is 85.2 Å². The van der Waals surface area contributed by atoms with Gasteiger partial charge in [-0.05, 0) is 54.1 Å². The van der Waals surface area contributed by atoms with Crippen LogP contribution in [-0.2, 0) is 0 Å². The SMILES string of the molecule is COc1ccc(NC(=O)c2cccc(-c3cnc(Oc4cccc(OC)c4)nc3)c2)cc1. The number of carbonyl (C=O) groups excluding carboxylic acids is 1. The van der Waals surface area contributed by atoms with Crippen molar-refractivity contribution in [2.45, 2.75) is 0 Å². The fourth-order valence-electron chi connectivity index (χ4n) is 3.01. The summed E-state index contributed by atoms with van der Waals surface area (Å²) in [5, 5.41) is 2.88. The molecule has 1 heterocycles. The van der Waals surface area contributed by atoms with Gasteiger partial charge in [-0.15, -0.1) is 0 Å². The zero-order chi connectivity index (χ0) is 22.3. The van der Waals surface area contributed by atoms with E-state index >= 15 is 0 Å². The maximum absolute atomic E-state index is 12.7. The summed E-state index contributed by atoms with van der Waals surface area (Å²) >= 11 is 0. The Morgan fingerprint density at radius 2 is 1.44 bits per heavy atom. The number of carbonyl (C=O) groups is 1. The molecule has 32 heavy (non-hydrogen) atoms. The lowest BCUT2D eigenvalue weighted by Crippen LogP contribution is -2.11. The van der Waals surface area contributed by atoms with Gasteiger partial charge in [0, 0.05) is 35.3 Å². The number of nitrogens with one attached hydrogen (secondary N) is 1. The van der Waals surface area contributed by atoms with Crippen LogP contribution in [0.25, 0.3) is 11.1 Å². The van der Waals surface area contributed by atoms with Crippen molar-refractivity contribution in [2.75, 3.05) is 19.5 Å². The minimum absolute atomic E-state index is 0.212. The lowest BCUT2D eigenvalue weighted by atomic mass is 10.1.